The predicted molar refractivity (Wildman–Crippen MR) is 85.6 cm³/mol. The van der Waals surface area contributed by atoms with Crippen LogP contribution in [0.2, 0.25) is 0 Å². The summed E-state index contributed by atoms with van der Waals surface area (Å²) in [5, 5.41) is 4.17. The van der Waals surface area contributed by atoms with Crippen LogP contribution in [0.1, 0.15) is 5.56 Å². The molecule has 0 atom stereocenters. The fourth-order valence-corrected chi connectivity index (χ4v) is 2.33. The van der Waals surface area contributed by atoms with Crippen molar-refractivity contribution in [3.8, 4) is 11.8 Å². The van der Waals surface area contributed by atoms with Crippen molar-refractivity contribution in [2.45, 2.75) is 6.42 Å². The van der Waals surface area contributed by atoms with E-state index >= 15 is 0 Å². The molecule has 0 spiro atoms. The molecule has 3 aromatic rings. The number of ether oxygens (including phenoxy) is 2. The van der Waals surface area contributed by atoms with Crippen molar-refractivity contribution >= 4 is 16.9 Å². The zero-order chi connectivity index (χ0) is 15.4. The van der Waals surface area contributed by atoms with Gasteiger partial charge in [0, 0.05) is 12.7 Å². The van der Waals surface area contributed by atoms with Crippen molar-refractivity contribution in [2.75, 3.05) is 26.1 Å². The summed E-state index contributed by atoms with van der Waals surface area (Å²) < 4.78 is 10.5. The number of nitrogens with one attached hydrogen (secondary N) is 2. The SMILES string of the molecule is COc1nc(NCCc2ccccc2)c2c(OC)c[nH]c2n1. The number of rotatable bonds is 6. The Morgan fingerprint density at radius 3 is 2.64 bits per heavy atom. The van der Waals surface area contributed by atoms with Crippen LogP contribution < -0.4 is 14.8 Å². The van der Waals surface area contributed by atoms with Crippen molar-refractivity contribution in [1.82, 2.24) is 15.0 Å². The van der Waals surface area contributed by atoms with E-state index in [2.05, 4.69) is 32.4 Å². The molecule has 0 saturated carbocycles. The Morgan fingerprint density at radius 2 is 1.91 bits per heavy atom. The first-order valence-corrected chi connectivity index (χ1v) is 7.06. The predicted octanol–water partition coefficient (Wildman–Crippen LogP) is 2.63. The van der Waals surface area contributed by atoms with Gasteiger partial charge in [-0.25, -0.2) is 0 Å². The Labute approximate surface area is 128 Å². The van der Waals surface area contributed by atoms with Crippen LogP contribution in [0.15, 0.2) is 36.5 Å². The molecule has 6 nitrogen and oxygen atoms in total. The van der Waals surface area contributed by atoms with Crippen LogP contribution in [0.3, 0.4) is 0 Å². The van der Waals surface area contributed by atoms with Gasteiger partial charge >= 0.3 is 6.01 Å². The molecule has 2 aromatic heterocycles. The summed E-state index contributed by atoms with van der Waals surface area (Å²) in [4.78, 5) is 11.7. The molecule has 0 bridgehead atoms. The van der Waals surface area contributed by atoms with E-state index in [0.717, 1.165) is 18.4 Å². The van der Waals surface area contributed by atoms with Gasteiger partial charge in [-0.05, 0) is 12.0 Å². The van der Waals surface area contributed by atoms with Crippen molar-refractivity contribution in [3.05, 3.63) is 42.1 Å². The van der Waals surface area contributed by atoms with Gasteiger partial charge in [0.2, 0.25) is 0 Å². The van der Waals surface area contributed by atoms with Crippen molar-refractivity contribution < 1.29 is 9.47 Å². The van der Waals surface area contributed by atoms with Crippen LogP contribution in [0.4, 0.5) is 5.82 Å². The molecule has 0 radical (unpaired) electrons. The van der Waals surface area contributed by atoms with Crippen LogP contribution in [-0.2, 0) is 6.42 Å². The fourth-order valence-electron chi connectivity index (χ4n) is 2.33. The molecule has 0 amide bonds. The standard InChI is InChI=1S/C16H18N4O2/c1-21-12-10-18-15-13(12)14(19-16(20-15)22-2)17-9-8-11-6-4-3-5-7-11/h3-7,10H,8-9H2,1-2H3,(H2,17,18,19,20). The van der Waals surface area contributed by atoms with Crippen LogP contribution >= 0.6 is 0 Å². The lowest BCUT2D eigenvalue weighted by atomic mass is 10.1. The molecular weight excluding hydrogens is 280 g/mol. The van der Waals surface area contributed by atoms with Crippen LogP contribution in [0.5, 0.6) is 11.8 Å². The van der Waals surface area contributed by atoms with Crippen molar-refractivity contribution in [2.24, 2.45) is 0 Å². The summed E-state index contributed by atoms with van der Waals surface area (Å²) in [7, 11) is 3.18. The molecule has 1 aromatic carbocycles. The van der Waals surface area contributed by atoms with E-state index in [1.54, 1.807) is 20.4 Å². The van der Waals surface area contributed by atoms with Gasteiger partial charge in [0.15, 0.2) is 5.65 Å². The average Bonchev–Trinajstić information content (AvgIpc) is 2.99. The minimum atomic E-state index is 0.319. The van der Waals surface area contributed by atoms with E-state index in [9.17, 15) is 0 Å². The topological polar surface area (TPSA) is 72.1 Å². The highest BCUT2D eigenvalue weighted by Crippen LogP contribution is 2.31. The smallest absolute Gasteiger partial charge is 0.320 e. The van der Waals surface area contributed by atoms with E-state index in [-0.39, 0.29) is 0 Å². The molecule has 2 heterocycles. The zero-order valence-corrected chi connectivity index (χ0v) is 12.6. The maximum absolute atomic E-state index is 5.35. The highest BCUT2D eigenvalue weighted by atomic mass is 16.5. The number of fused-ring (bicyclic) bond motifs is 1. The molecule has 3 rings (SSSR count). The Balaban J connectivity index is 1.83. The lowest BCUT2D eigenvalue weighted by Gasteiger charge is -2.09. The molecule has 0 unspecified atom stereocenters. The Morgan fingerprint density at radius 1 is 1.09 bits per heavy atom. The maximum atomic E-state index is 5.35. The van der Waals surface area contributed by atoms with Gasteiger partial charge in [-0.3, -0.25) is 0 Å². The normalized spacial score (nSPS) is 10.6. The summed E-state index contributed by atoms with van der Waals surface area (Å²) >= 11 is 0. The highest BCUT2D eigenvalue weighted by Gasteiger charge is 2.14. The lowest BCUT2D eigenvalue weighted by Crippen LogP contribution is -2.08. The molecule has 0 aliphatic rings. The van der Waals surface area contributed by atoms with Gasteiger partial charge in [-0.15, -0.1) is 0 Å². The largest absolute Gasteiger partial charge is 0.494 e. The van der Waals surface area contributed by atoms with Gasteiger partial charge in [0.05, 0.1) is 14.2 Å². The molecule has 0 aliphatic heterocycles. The van der Waals surface area contributed by atoms with Gasteiger partial charge in [0.25, 0.3) is 0 Å². The molecule has 6 heteroatoms. The second kappa shape index (κ2) is 6.34. The van der Waals surface area contributed by atoms with Crippen molar-refractivity contribution in [1.29, 1.82) is 0 Å². The van der Waals surface area contributed by atoms with Crippen LogP contribution in [-0.4, -0.2) is 35.7 Å². The van der Waals surface area contributed by atoms with Crippen LogP contribution in [0.25, 0.3) is 11.0 Å². The first-order chi connectivity index (χ1) is 10.8. The minimum Gasteiger partial charge on any atom is -0.494 e. The molecule has 2 N–H and O–H groups in total. The first-order valence-electron chi connectivity index (χ1n) is 7.06. The number of H-pyrrole nitrogens is 1. The maximum Gasteiger partial charge on any atom is 0.320 e. The number of aromatic amines is 1. The summed E-state index contributed by atoms with van der Waals surface area (Å²) in [6, 6.07) is 10.6. The Kier molecular flexibility index (Phi) is 4.09. The average molecular weight is 298 g/mol. The monoisotopic (exact) mass is 298 g/mol. The summed E-state index contributed by atoms with van der Waals surface area (Å²) in [5.41, 5.74) is 1.96. The third-order valence-corrected chi connectivity index (χ3v) is 3.43. The van der Waals surface area contributed by atoms with E-state index in [0.29, 0.717) is 23.2 Å². The highest BCUT2D eigenvalue weighted by molar-refractivity contribution is 5.93. The molecule has 22 heavy (non-hydrogen) atoms. The van der Waals surface area contributed by atoms with E-state index in [1.165, 1.54) is 5.56 Å². The number of hydrogen-bond donors (Lipinski definition) is 2. The molecular formula is C16H18N4O2. The number of aromatic nitrogens is 3. The van der Waals surface area contributed by atoms with E-state index < -0.39 is 0 Å². The summed E-state index contributed by atoms with van der Waals surface area (Å²) in [6.07, 6.45) is 2.67. The van der Waals surface area contributed by atoms with Gasteiger partial charge in [0.1, 0.15) is 17.0 Å². The second-order valence-corrected chi connectivity index (χ2v) is 4.80. The van der Waals surface area contributed by atoms with Crippen molar-refractivity contribution in [3.63, 3.8) is 0 Å². The fraction of sp³-hybridized carbons (Fsp3) is 0.250. The summed E-state index contributed by atoms with van der Waals surface area (Å²) in [5.74, 6) is 1.41. The quantitative estimate of drug-likeness (QED) is 0.732. The van der Waals surface area contributed by atoms with E-state index in [4.69, 9.17) is 9.47 Å². The van der Waals surface area contributed by atoms with E-state index in [1.807, 2.05) is 18.2 Å². The first kappa shape index (κ1) is 14.2. The number of anilines is 1. The van der Waals surface area contributed by atoms with Gasteiger partial charge < -0.3 is 19.8 Å². The number of nitrogens with zero attached hydrogens (tertiary/aromatic N) is 2. The second-order valence-electron chi connectivity index (χ2n) is 4.80. The molecule has 0 fully saturated rings. The minimum absolute atomic E-state index is 0.319. The number of benzene rings is 1. The third-order valence-electron chi connectivity index (χ3n) is 3.43. The Bertz CT molecular complexity index is 755. The summed E-state index contributed by atoms with van der Waals surface area (Å²) in [6.45, 7) is 0.758. The van der Waals surface area contributed by atoms with Gasteiger partial charge in [-0.1, -0.05) is 30.3 Å². The van der Waals surface area contributed by atoms with Crippen LogP contribution in [0, 0.1) is 0 Å². The number of hydrogen-bond acceptors (Lipinski definition) is 5. The molecule has 0 saturated heterocycles. The van der Waals surface area contributed by atoms with Gasteiger partial charge in [-0.2, -0.15) is 9.97 Å². The third kappa shape index (κ3) is 2.81. The Hall–Kier alpha value is -2.76. The molecule has 114 valence electrons. The molecule has 0 aliphatic carbocycles. The zero-order valence-electron chi connectivity index (χ0n) is 12.6. The number of methoxy groups -OCH3 is 2. The lowest BCUT2D eigenvalue weighted by molar-refractivity contribution is 0.382.